The van der Waals surface area contributed by atoms with Crippen LogP contribution in [0.5, 0.6) is 0 Å². The number of benzene rings is 2. The monoisotopic (exact) mass is 499 g/mol. The minimum Gasteiger partial charge on any atom is -0.465 e. The minimum atomic E-state index is -0.662. The van der Waals surface area contributed by atoms with E-state index >= 15 is 0 Å². The number of aryl methyl sites for hydroxylation is 2. The molecule has 0 bridgehead atoms. The smallest absolute Gasteiger partial charge is 0.338 e. The summed E-state index contributed by atoms with van der Waals surface area (Å²) in [6.45, 7) is 3.90. The molecule has 2 aromatic carbocycles. The lowest BCUT2D eigenvalue weighted by molar-refractivity contribution is 0.0474. The molecule has 0 saturated carbocycles. The van der Waals surface area contributed by atoms with Crippen molar-refractivity contribution in [1.82, 2.24) is 14.1 Å². The van der Waals surface area contributed by atoms with E-state index in [1.165, 1.54) is 19.2 Å². The number of nitrogens with zero attached hydrogens (tertiary/aromatic N) is 3. The van der Waals surface area contributed by atoms with Crippen LogP contribution in [0.4, 0.5) is 0 Å². The molecule has 1 aliphatic heterocycles. The fraction of sp³-hybridized carbons (Fsp3) is 0.250. The minimum absolute atomic E-state index is 0.108. The molecule has 3 heterocycles. The number of aromatic nitrogens is 3. The van der Waals surface area contributed by atoms with E-state index in [-0.39, 0.29) is 16.9 Å². The van der Waals surface area contributed by atoms with Crippen LogP contribution < -0.4 is 5.56 Å². The van der Waals surface area contributed by atoms with E-state index in [4.69, 9.17) is 9.47 Å². The van der Waals surface area contributed by atoms with Crippen LogP contribution in [-0.4, -0.2) is 45.6 Å². The number of hydrogen-bond acceptors (Lipinski definition) is 7. The highest BCUT2D eigenvalue weighted by Crippen LogP contribution is 2.22. The Labute approximate surface area is 212 Å². The van der Waals surface area contributed by atoms with Gasteiger partial charge in [-0.15, -0.1) is 0 Å². The molecule has 1 aliphatic rings. The Hall–Kier alpha value is -4.53. The predicted molar refractivity (Wildman–Crippen MR) is 136 cm³/mol. The van der Waals surface area contributed by atoms with Crippen LogP contribution in [0.3, 0.4) is 0 Å². The Morgan fingerprint density at radius 2 is 1.70 bits per heavy atom. The molecule has 0 fully saturated rings. The first kappa shape index (κ1) is 24.2. The Morgan fingerprint density at radius 3 is 2.43 bits per heavy atom. The van der Waals surface area contributed by atoms with E-state index in [1.54, 1.807) is 41.0 Å². The molecule has 5 rings (SSSR count). The Morgan fingerprint density at radius 1 is 0.973 bits per heavy atom. The van der Waals surface area contributed by atoms with Gasteiger partial charge in [-0.25, -0.2) is 14.6 Å². The summed E-state index contributed by atoms with van der Waals surface area (Å²) in [6, 6.07) is 13.2. The summed E-state index contributed by atoms with van der Waals surface area (Å²) in [5.74, 6) is -0.712. The second-order valence-corrected chi connectivity index (χ2v) is 8.98. The van der Waals surface area contributed by atoms with Gasteiger partial charge in [0.2, 0.25) is 5.78 Å². The van der Waals surface area contributed by atoms with E-state index in [0.717, 1.165) is 24.2 Å². The second kappa shape index (κ2) is 9.50. The van der Waals surface area contributed by atoms with Crippen LogP contribution in [-0.2, 0) is 22.4 Å². The summed E-state index contributed by atoms with van der Waals surface area (Å²) in [7, 11) is 1.32. The lowest BCUT2D eigenvalue weighted by Crippen LogP contribution is -2.21. The third kappa shape index (κ3) is 4.33. The van der Waals surface area contributed by atoms with Crippen molar-refractivity contribution < 1.29 is 23.9 Å². The number of ketones is 1. The molecule has 188 valence electrons. The summed E-state index contributed by atoms with van der Waals surface area (Å²) in [5.41, 5.74) is 3.72. The summed E-state index contributed by atoms with van der Waals surface area (Å²) < 4.78 is 13.6. The van der Waals surface area contributed by atoms with Gasteiger partial charge in [0.25, 0.3) is 5.56 Å². The van der Waals surface area contributed by atoms with Gasteiger partial charge < -0.3 is 14.0 Å². The van der Waals surface area contributed by atoms with E-state index in [1.807, 2.05) is 18.4 Å². The normalized spacial score (nSPS) is 12.4. The lowest BCUT2D eigenvalue weighted by atomic mass is 10.1. The molecule has 2 aromatic heterocycles. The maximum atomic E-state index is 13.0. The number of carbonyl (C=O) groups is 3. The van der Waals surface area contributed by atoms with Crippen molar-refractivity contribution in [2.24, 2.45) is 0 Å². The van der Waals surface area contributed by atoms with Gasteiger partial charge in [0, 0.05) is 35.6 Å². The second-order valence-electron chi connectivity index (χ2n) is 8.98. The fourth-order valence-electron chi connectivity index (χ4n) is 4.81. The number of carbonyl (C=O) groups excluding carboxylic acids is 3. The molecule has 0 radical (unpaired) electrons. The van der Waals surface area contributed by atoms with E-state index in [2.05, 4.69) is 4.98 Å². The number of methoxy groups -OCH3 is 1. The summed E-state index contributed by atoms with van der Waals surface area (Å²) in [6.07, 6.45) is 1.59. The van der Waals surface area contributed by atoms with Crippen molar-refractivity contribution in [3.8, 4) is 5.69 Å². The van der Waals surface area contributed by atoms with Crippen molar-refractivity contribution >= 4 is 28.6 Å². The van der Waals surface area contributed by atoms with E-state index < -0.39 is 18.5 Å². The molecule has 9 nitrogen and oxygen atoms in total. The standard InChI is InChI=1S/C28H25N3O6/c1-16-13-22(17(2)31(16)20-9-6-18(7-10-20)27(34)36-3)24(32)15-37-28(35)19-8-11-21-23(14-19)29-25-5-4-12-30(25)26(21)33/h6-11,13-14H,4-5,12,15H2,1-3H3. The number of fused-ring (bicyclic) bond motifs is 2. The Balaban J connectivity index is 1.32. The molecule has 4 aromatic rings. The first-order valence-corrected chi connectivity index (χ1v) is 11.9. The molecule has 0 unspecified atom stereocenters. The molecule has 9 heteroatoms. The molecule has 0 spiro atoms. The molecular weight excluding hydrogens is 474 g/mol. The highest BCUT2D eigenvalue weighted by molar-refractivity contribution is 6.01. The van der Waals surface area contributed by atoms with Crippen molar-refractivity contribution in [3.63, 3.8) is 0 Å². The van der Waals surface area contributed by atoms with Gasteiger partial charge in [0.1, 0.15) is 5.82 Å². The van der Waals surface area contributed by atoms with Gasteiger partial charge in [0.15, 0.2) is 6.61 Å². The number of hydrogen-bond donors (Lipinski definition) is 0. The highest BCUT2D eigenvalue weighted by Gasteiger charge is 2.21. The molecule has 0 N–H and O–H groups in total. The van der Waals surface area contributed by atoms with Gasteiger partial charge in [0.05, 0.1) is 29.1 Å². The molecule has 0 amide bonds. The third-order valence-corrected chi connectivity index (χ3v) is 6.66. The van der Waals surface area contributed by atoms with Crippen LogP contribution in [0.25, 0.3) is 16.6 Å². The largest absolute Gasteiger partial charge is 0.465 e. The van der Waals surface area contributed by atoms with Crippen molar-refractivity contribution in [3.05, 3.63) is 92.8 Å². The molecule has 37 heavy (non-hydrogen) atoms. The number of ether oxygens (including phenoxy) is 2. The zero-order valence-corrected chi connectivity index (χ0v) is 20.7. The van der Waals surface area contributed by atoms with Crippen molar-refractivity contribution in [2.75, 3.05) is 13.7 Å². The summed E-state index contributed by atoms with van der Waals surface area (Å²) in [4.78, 5) is 54.5. The number of esters is 2. The average molecular weight is 500 g/mol. The first-order valence-electron chi connectivity index (χ1n) is 11.9. The van der Waals surface area contributed by atoms with Crippen LogP contribution in [0.1, 0.15) is 54.7 Å². The van der Waals surface area contributed by atoms with Gasteiger partial charge >= 0.3 is 11.9 Å². The van der Waals surface area contributed by atoms with E-state index in [9.17, 15) is 19.2 Å². The molecule has 0 atom stereocenters. The molecule has 0 aliphatic carbocycles. The quantitative estimate of drug-likeness (QED) is 0.295. The van der Waals surface area contributed by atoms with Crippen LogP contribution in [0, 0.1) is 13.8 Å². The topological polar surface area (TPSA) is 109 Å². The van der Waals surface area contributed by atoms with Gasteiger partial charge in [-0.3, -0.25) is 14.2 Å². The summed E-state index contributed by atoms with van der Waals surface area (Å²) >= 11 is 0. The predicted octanol–water partition coefficient (Wildman–Crippen LogP) is 3.58. The van der Waals surface area contributed by atoms with Gasteiger partial charge in [-0.2, -0.15) is 0 Å². The van der Waals surface area contributed by atoms with Crippen LogP contribution >= 0.6 is 0 Å². The maximum Gasteiger partial charge on any atom is 0.338 e. The first-order chi connectivity index (χ1) is 17.8. The number of Topliss-reactive ketones (excluding diaryl/α,β-unsaturated/α-hetero) is 1. The zero-order valence-electron chi connectivity index (χ0n) is 20.7. The van der Waals surface area contributed by atoms with Crippen LogP contribution in [0.2, 0.25) is 0 Å². The van der Waals surface area contributed by atoms with Gasteiger partial charge in [-0.05, 0) is 68.8 Å². The Bertz CT molecular complexity index is 1630. The van der Waals surface area contributed by atoms with E-state index in [0.29, 0.717) is 40.1 Å². The zero-order chi connectivity index (χ0) is 26.3. The SMILES string of the molecule is COC(=O)c1ccc(-n2c(C)cc(C(=O)COC(=O)c3ccc4c(=O)n5c(nc4c3)CCC5)c2C)cc1. The maximum absolute atomic E-state index is 13.0. The summed E-state index contributed by atoms with van der Waals surface area (Å²) in [5, 5.41) is 0.449. The van der Waals surface area contributed by atoms with Gasteiger partial charge in [-0.1, -0.05) is 0 Å². The lowest BCUT2D eigenvalue weighted by Gasteiger charge is -2.11. The average Bonchev–Trinajstić information content (AvgIpc) is 3.50. The molecular formula is C28H25N3O6. The molecule has 0 saturated heterocycles. The fourth-order valence-corrected chi connectivity index (χ4v) is 4.81. The van der Waals surface area contributed by atoms with Crippen LogP contribution in [0.15, 0.2) is 53.3 Å². The Kier molecular flexibility index (Phi) is 6.20. The number of rotatable bonds is 6. The van der Waals surface area contributed by atoms with Crippen molar-refractivity contribution in [2.45, 2.75) is 33.2 Å². The third-order valence-electron chi connectivity index (χ3n) is 6.66. The highest BCUT2D eigenvalue weighted by atomic mass is 16.5. The van der Waals surface area contributed by atoms with Crippen molar-refractivity contribution in [1.29, 1.82) is 0 Å².